The number of para-hydroxylation sites is 1. The molecule has 11 heteroatoms. The highest BCUT2D eigenvalue weighted by atomic mass is 19.1. The predicted octanol–water partition coefficient (Wildman–Crippen LogP) is 6.10. The third-order valence-electron chi connectivity index (χ3n) is 6.91. The van der Waals surface area contributed by atoms with Gasteiger partial charge in [0.2, 0.25) is 0 Å². The summed E-state index contributed by atoms with van der Waals surface area (Å²) in [6.45, 7) is 11.6. The lowest BCUT2D eigenvalue weighted by Gasteiger charge is -2.33. The Balaban J connectivity index is 1.72. The van der Waals surface area contributed by atoms with E-state index in [1.807, 2.05) is 82.2 Å². The Bertz CT molecular complexity index is 1550. The Morgan fingerprint density at radius 2 is 1.77 bits per heavy atom. The normalized spacial score (nSPS) is 15.2. The van der Waals surface area contributed by atoms with Crippen LogP contribution in [0.5, 0.6) is 11.5 Å². The van der Waals surface area contributed by atoms with Crippen molar-refractivity contribution < 1.29 is 23.1 Å². The van der Waals surface area contributed by atoms with E-state index >= 15 is 8.78 Å². The minimum Gasteiger partial charge on any atom is -0.494 e. The van der Waals surface area contributed by atoms with Gasteiger partial charge in [0, 0.05) is 25.2 Å². The topological polar surface area (TPSA) is 90.5 Å². The standard InChI is InChI=1S/C33H38F2N6O3/c1-7-43-25-15-12-24(13-16-25)39-44-26-14-11-21(2)27(19-26)22(3)28-20-37-33(42)41(31-29(34)9-8-10-30(31)35)32(28)38-23(4)36-17-18-40(5)6/h8-16,19,36,39H,4,7,17-18,20H2,1-3,5-6H3,(H,37,42)/b28-22+,38-32+. The van der Waals surface area contributed by atoms with Crippen LogP contribution in [-0.4, -0.2) is 57.1 Å². The molecule has 0 spiro atoms. The molecule has 1 aliphatic heterocycles. The van der Waals surface area contributed by atoms with Crippen LogP contribution < -0.4 is 30.6 Å². The van der Waals surface area contributed by atoms with Crippen LogP contribution in [-0.2, 0) is 0 Å². The lowest BCUT2D eigenvalue weighted by atomic mass is 9.95. The first kappa shape index (κ1) is 32.0. The maximum atomic E-state index is 15.1. The molecule has 1 heterocycles. The van der Waals surface area contributed by atoms with Gasteiger partial charge in [-0.1, -0.05) is 18.7 Å². The number of amides is 2. The molecule has 9 nitrogen and oxygen atoms in total. The van der Waals surface area contributed by atoms with Crippen LogP contribution in [0.3, 0.4) is 0 Å². The van der Waals surface area contributed by atoms with Crippen molar-refractivity contribution in [2.45, 2.75) is 20.8 Å². The van der Waals surface area contributed by atoms with E-state index in [0.29, 0.717) is 31.0 Å². The first-order chi connectivity index (χ1) is 21.1. The Labute approximate surface area is 256 Å². The van der Waals surface area contributed by atoms with Gasteiger partial charge in [-0.25, -0.2) is 28.9 Å². The largest absolute Gasteiger partial charge is 0.494 e. The molecule has 1 aliphatic rings. The maximum absolute atomic E-state index is 15.1. The minimum atomic E-state index is -0.898. The average Bonchev–Trinajstić information content (AvgIpc) is 2.98. The van der Waals surface area contributed by atoms with Crippen molar-refractivity contribution in [1.82, 2.24) is 15.5 Å². The van der Waals surface area contributed by atoms with Crippen molar-refractivity contribution in [3.63, 3.8) is 0 Å². The van der Waals surface area contributed by atoms with Gasteiger partial charge in [0.1, 0.15) is 34.7 Å². The zero-order valence-corrected chi connectivity index (χ0v) is 25.6. The molecule has 0 radical (unpaired) electrons. The number of halogens is 2. The SMILES string of the molecule is C=C(/N=C1\C(=C(/C)c2cc(ONc3ccc(OCC)cc3)ccc2C)CNC(=O)N1c1c(F)cccc1F)NCCN(C)C. The monoisotopic (exact) mass is 604 g/mol. The van der Waals surface area contributed by atoms with Gasteiger partial charge in [-0.3, -0.25) is 0 Å². The number of hydrogen-bond donors (Lipinski definition) is 3. The number of carbonyl (C=O) groups excluding carboxylic acids is 1. The Morgan fingerprint density at radius 1 is 1.09 bits per heavy atom. The number of amidine groups is 1. The summed E-state index contributed by atoms with van der Waals surface area (Å²) in [5.41, 5.74) is 6.16. The highest BCUT2D eigenvalue weighted by Gasteiger charge is 2.35. The van der Waals surface area contributed by atoms with Gasteiger partial charge >= 0.3 is 6.03 Å². The van der Waals surface area contributed by atoms with Gasteiger partial charge in [-0.2, -0.15) is 0 Å². The molecular weight excluding hydrogens is 566 g/mol. The molecule has 0 saturated carbocycles. The number of rotatable bonds is 12. The number of aryl methyl sites for hydroxylation is 1. The number of ether oxygens (including phenoxy) is 1. The molecule has 0 aromatic heterocycles. The van der Waals surface area contributed by atoms with Crippen LogP contribution in [0.4, 0.5) is 25.0 Å². The van der Waals surface area contributed by atoms with E-state index < -0.39 is 23.4 Å². The van der Waals surface area contributed by atoms with Crippen molar-refractivity contribution in [2.75, 3.05) is 50.7 Å². The lowest BCUT2D eigenvalue weighted by Crippen LogP contribution is -2.52. The second kappa shape index (κ2) is 14.5. The molecule has 0 bridgehead atoms. The molecule has 0 atom stereocenters. The summed E-state index contributed by atoms with van der Waals surface area (Å²) in [6, 6.07) is 15.7. The summed E-state index contributed by atoms with van der Waals surface area (Å²) in [5.74, 6) is -0.193. The number of benzene rings is 3. The fourth-order valence-corrected chi connectivity index (χ4v) is 4.61. The predicted molar refractivity (Wildman–Crippen MR) is 171 cm³/mol. The van der Waals surface area contributed by atoms with E-state index in [2.05, 4.69) is 27.7 Å². The molecule has 3 aromatic carbocycles. The van der Waals surface area contributed by atoms with Crippen LogP contribution in [0.2, 0.25) is 0 Å². The summed E-state index contributed by atoms with van der Waals surface area (Å²) >= 11 is 0. The number of anilines is 2. The van der Waals surface area contributed by atoms with Crippen LogP contribution in [0.1, 0.15) is 25.0 Å². The van der Waals surface area contributed by atoms with E-state index in [9.17, 15) is 4.79 Å². The minimum absolute atomic E-state index is 0.0656. The molecule has 3 aromatic rings. The summed E-state index contributed by atoms with van der Waals surface area (Å²) in [6.07, 6.45) is 0. The molecule has 0 unspecified atom stereocenters. The number of nitrogens with zero attached hydrogens (tertiary/aromatic N) is 3. The number of hydrogen-bond acceptors (Lipinski definition) is 7. The van der Waals surface area contributed by atoms with Gasteiger partial charge < -0.3 is 25.1 Å². The molecular formula is C33H38F2N6O3. The molecule has 44 heavy (non-hydrogen) atoms. The van der Waals surface area contributed by atoms with E-state index in [0.717, 1.165) is 45.2 Å². The zero-order valence-electron chi connectivity index (χ0n) is 25.6. The fraction of sp³-hybridized carbons (Fsp3) is 0.273. The van der Waals surface area contributed by atoms with Crippen molar-refractivity contribution in [3.8, 4) is 11.5 Å². The number of likely N-dealkylation sites (N-methyl/N-ethyl adjacent to an activating group) is 1. The van der Waals surface area contributed by atoms with Crippen LogP contribution in [0, 0.1) is 18.6 Å². The molecule has 0 aliphatic carbocycles. The third-order valence-corrected chi connectivity index (χ3v) is 6.91. The first-order valence-electron chi connectivity index (χ1n) is 14.2. The highest BCUT2D eigenvalue weighted by Crippen LogP contribution is 2.32. The number of urea groups is 1. The highest BCUT2D eigenvalue weighted by molar-refractivity contribution is 6.27. The Kier molecular flexibility index (Phi) is 10.6. The van der Waals surface area contributed by atoms with Crippen molar-refractivity contribution in [2.24, 2.45) is 4.99 Å². The van der Waals surface area contributed by atoms with Crippen molar-refractivity contribution in [1.29, 1.82) is 0 Å². The Morgan fingerprint density at radius 3 is 2.43 bits per heavy atom. The maximum Gasteiger partial charge on any atom is 0.328 e. The van der Waals surface area contributed by atoms with Gasteiger partial charge in [-0.15, -0.1) is 0 Å². The summed E-state index contributed by atoms with van der Waals surface area (Å²) in [7, 11) is 3.87. The number of nitrogens with one attached hydrogen (secondary N) is 3. The number of allylic oxidation sites excluding steroid dienone is 1. The molecule has 1 fully saturated rings. The van der Waals surface area contributed by atoms with E-state index in [-0.39, 0.29) is 18.2 Å². The zero-order chi connectivity index (χ0) is 31.8. The number of aliphatic imine (C=N–C) groups is 1. The molecule has 232 valence electrons. The summed E-state index contributed by atoms with van der Waals surface area (Å²) < 4.78 is 35.6. The molecule has 1 saturated heterocycles. The quantitative estimate of drug-likeness (QED) is 0.217. The molecule has 4 rings (SSSR count). The van der Waals surface area contributed by atoms with Crippen LogP contribution in [0.25, 0.3) is 5.57 Å². The van der Waals surface area contributed by atoms with Gasteiger partial charge in [-0.05, 0) is 100 Å². The van der Waals surface area contributed by atoms with E-state index in [1.165, 1.54) is 6.07 Å². The van der Waals surface area contributed by atoms with E-state index in [1.54, 1.807) is 0 Å². The van der Waals surface area contributed by atoms with Gasteiger partial charge in [0.15, 0.2) is 5.75 Å². The lowest BCUT2D eigenvalue weighted by molar-refractivity contribution is 0.248. The third kappa shape index (κ3) is 7.73. The van der Waals surface area contributed by atoms with Crippen molar-refractivity contribution in [3.05, 3.63) is 101 Å². The molecule has 3 N–H and O–H groups in total. The fourth-order valence-electron chi connectivity index (χ4n) is 4.61. The summed E-state index contributed by atoms with van der Waals surface area (Å²) in [4.78, 5) is 26.6. The number of carbonyl (C=O) groups is 1. The van der Waals surface area contributed by atoms with Crippen molar-refractivity contribution >= 4 is 28.8 Å². The second-order valence-electron chi connectivity index (χ2n) is 10.4. The Hall–Kier alpha value is -4.90. The second-order valence-corrected chi connectivity index (χ2v) is 10.4. The van der Waals surface area contributed by atoms with Gasteiger partial charge in [0.25, 0.3) is 0 Å². The van der Waals surface area contributed by atoms with Crippen LogP contribution >= 0.6 is 0 Å². The smallest absolute Gasteiger partial charge is 0.328 e. The molecule has 2 amide bonds. The summed E-state index contributed by atoms with van der Waals surface area (Å²) in [5, 5.41) is 5.86. The average molecular weight is 605 g/mol. The van der Waals surface area contributed by atoms with Crippen LogP contribution in [0.15, 0.2) is 83.6 Å². The van der Waals surface area contributed by atoms with Gasteiger partial charge in [0.05, 0.1) is 12.3 Å². The first-order valence-corrected chi connectivity index (χ1v) is 14.2. The van der Waals surface area contributed by atoms with E-state index in [4.69, 9.17) is 9.57 Å².